The van der Waals surface area contributed by atoms with E-state index < -0.39 is 0 Å². The van der Waals surface area contributed by atoms with Crippen molar-refractivity contribution in [3.8, 4) is 0 Å². The van der Waals surface area contributed by atoms with Crippen LogP contribution in [0, 0.1) is 18.7 Å². The highest BCUT2D eigenvalue weighted by atomic mass is 19.1. The molecule has 1 atom stereocenters. The minimum atomic E-state index is -0.137. The zero-order chi connectivity index (χ0) is 14.3. The van der Waals surface area contributed by atoms with E-state index in [9.17, 15) is 4.39 Å². The molecule has 1 N–H and O–H groups in total. The molecule has 2 aliphatic rings. The molecule has 1 aliphatic carbocycles. The number of hydrogen-bond donors (Lipinski definition) is 1. The summed E-state index contributed by atoms with van der Waals surface area (Å²) in [5.74, 6) is 0.740. The second-order valence-corrected chi connectivity index (χ2v) is 7.09. The van der Waals surface area contributed by atoms with E-state index in [1.54, 1.807) is 12.1 Å². The number of aryl methyl sites for hydroxylation is 1. The molecular weight excluding hydrogens is 251 g/mol. The number of benzene rings is 1. The van der Waals surface area contributed by atoms with Crippen molar-refractivity contribution in [1.29, 1.82) is 0 Å². The van der Waals surface area contributed by atoms with Gasteiger partial charge in [-0.15, -0.1) is 0 Å². The molecule has 0 bridgehead atoms. The molecule has 1 saturated heterocycles. The summed E-state index contributed by atoms with van der Waals surface area (Å²) < 4.78 is 13.2. The third-order valence-electron chi connectivity index (χ3n) is 4.93. The normalized spacial score (nSPS) is 26.7. The van der Waals surface area contributed by atoms with Gasteiger partial charge in [-0.2, -0.15) is 0 Å². The molecule has 1 unspecified atom stereocenters. The highest BCUT2D eigenvalue weighted by molar-refractivity contribution is 5.26. The second kappa shape index (κ2) is 5.12. The summed E-state index contributed by atoms with van der Waals surface area (Å²) in [4.78, 5) is 2.56. The van der Waals surface area contributed by atoms with Crippen LogP contribution in [0.5, 0.6) is 0 Å². The monoisotopic (exact) mass is 276 g/mol. The summed E-state index contributed by atoms with van der Waals surface area (Å²) in [5.41, 5.74) is 2.46. The van der Waals surface area contributed by atoms with Gasteiger partial charge in [0, 0.05) is 31.2 Å². The lowest BCUT2D eigenvalue weighted by atomic mass is 9.94. The number of piperazine rings is 1. The third-order valence-corrected chi connectivity index (χ3v) is 4.93. The number of nitrogens with zero attached hydrogens (tertiary/aromatic N) is 1. The van der Waals surface area contributed by atoms with Crippen molar-refractivity contribution >= 4 is 0 Å². The van der Waals surface area contributed by atoms with Gasteiger partial charge in [-0.25, -0.2) is 4.39 Å². The van der Waals surface area contributed by atoms with E-state index in [1.165, 1.54) is 18.4 Å². The lowest BCUT2D eigenvalue weighted by molar-refractivity contribution is 0.0532. The Hall–Kier alpha value is -0.930. The molecule has 3 rings (SSSR count). The van der Waals surface area contributed by atoms with Gasteiger partial charge in [0.25, 0.3) is 0 Å². The Labute approximate surface area is 121 Å². The van der Waals surface area contributed by atoms with Crippen molar-refractivity contribution < 1.29 is 4.39 Å². The summed E-state index contributed by atoms with van der Waals surface area (Å²) in [6.45, 7) is 9.66. The number of hydrogen-bond acceptors (Lipinski definition) is 2. The van der Waals surface area contributed by atoms with Gasteiger partial charge in [0.1, 0.15) is 5.82 Å². The first kappa shape index (κ1) is 14.0. The first-order valence-corrected chi connectivity index (χ1v) is 7.69. The zero-order valence-electron chi connectivity index (χ0n) is 12.7. The smallest absolute Gasteiger partial charge is 0.123 e. The molecule has 1 heterocycles. The Morgan fingerprint density at radius 1 is 1.35 bits per heavy atom. The fourth-order valence-corrected chi connectivity index (χ4v) is 3.18. The van der Waals surface area contributed by atoms with Crippen molar-refractivity contribution in [2.45, 2.75) is 51.7 Å². The van der Waals surface area contributed by atoms with Crippen LogP contribution in [-0.4, -0.2) is 29.6 Å². The molecule has 1 saturated carbocycles. The largest absolute Gasteiger partial charge is 0.311 e. The molecule has 0 amide bonds. The molecule has 2 fully saturated rings. The summed E-state index contributed by atoms with van der Waals surface area (Å²) in [6, 6.07) is 5.80. The van der Waals surface area contributed by atoms with E-state index in [2.05, 4.69) is 24.1 Å². The molecule has 0 radical (unpaired) electrons. The average Bonchev–Trinajstić information content (AvgIpc) is 3.19. The van der Waals surface area contributed by atoms with E-state index in [4.69, 9.17) is 0 Å². The SMILES string of the molecule is Cc1cc(F)ccc1CN1CC(C2CC2)NCC1(C)C. The van der Waals surface area contributed by atoms with Crippen molar-refractivity contribution in [1.82, 2.24) is 10.2 Å². The van der Waals surface area contributed by atoms with E-state index in [-0.39, 0.29) is 11.4 Å². The summed E-state index contributed by atoms with van der Waals surface area (Å²) >= 11 is 0. The Kier molecular flexibility index (Phi) is 3.59. The van der Waals surface area contributed by atoms with Gasteiger partial charge in [-0.3, -0.25) is 4.90 Å². The predicted molar refractivity (Wildman–Crippen MR) is 80.1 cm³/mol. The average molecular weight is 276 g/mol. The van der Waals surface area contributed by atoms with Crippen LogP contribution >= 0.6 is 0 Å². The molecule has 0 aromatic heterocycles. The highest BCUT2D eigenvalue weighted by Gasteiger charge is 2.40. The van der Waals surface area contributed by atoms with Crippen molar-refractivity contribution in [3.63, 3.8) is 0 Å². The van der Waals surface area contributed by atoms with Crippen LogP contribution < -0.4 is 5.32 Å². The molecule has 1 aromatic rings. The van der Waals surface area contributed by atoms with Crippen LogP contribution in [0.25, 0.3) is 0 Å². The quantitative estimate of drug-likeness (QED) is 0.912. The van der Waals surface area contributed by atoms with Gasteiger partial charge < -0.3 is 5.32 Å². The fraction of sp³-hybridized carbons (Fsp3) is 0.647. The summed E-state index contributed by atoms with van der Waals surface area (Å²) in [5, 5.41) is 3.71. The molecule has 3 heteroatoms. The van der Waals surface area contributed by atoms with Crippen LogP contribution in [0.3, 0.4) is 0 Å². The van der Waals surface area contributed by atoms with Crippen LogP contribution in [0.1, 0.15) is 37.8 Å². The lowest BCUT2D eigenvalue weighted by Crippen LogP contribution is -2.62. The Morgan fingerprint density at radius 2 is 2.10 bits per heavy atom. The van der Waals surface area contributed by atoms with Gasteiger partial charge in [-0.05, 0) is 62.8 Å². The Morgan fingerprint density at radius 3 is 2.75 bits per heavy atom. The first-order valence-electron chi connectivity index (χ1n) is 7.69. The maximum Gasteiger partial charge on any atom is 0.123 e. The lowest BCUT2D eigenvalue weighted by Gasteiger charge is -2.46. The van der Waals surface area contributed by atoms with Crippen molar-refractivity contribution in [2.24, 2.45) is 5.92 Å². The molecular formula is C17H25FN2. The summed E-state index contributed by atoms with van der Waals surface area (Å²) in [7, 11) is 0. The van der Waals surface area contributed by atoms with Crippen LogP contribution in [0.2, 0.25) is 0 Å². The van der Waals surface area contributed by atoms with Gasteiger partial charge in [0.2, 0.25) is 0 Å². The van der Waals surface area contributed by atoms with Gasteiger partial charge in [0.05, 0.1) is 0 Å². The Bertz CT molecular complexity index is 494. The molecule has 1 aliphatic heterocycles. The van der Waals surface area contributed by atoms with E-state index in [0.717, 1.165) is 31.1 Å². The Balaban J connectivity index is 1.75. The van der Waals surface area contributed by atoms with E-state index in [1.807, 2.05) is 13.0 Å². The second-order valence-electron chi connectivity index (χ2n) is 7.09. The van der Waals surface area contributed by atoms with Crippen LogP contribution in [-0.2, 0) is 6.54 Å². The van der Waals surface area contributed by atoms with Gasteiger partial charge in [0.15, 0.2) is 0 Å². The molecule has 1 aromatic carbocycles. The van der Waals surface area contributed by atoms with Crippen molar-refractivity contribution in [2.75, 3.05) is 13.1 Å². The predicted octanol–water partition coefficient (Wildman–Crippen LogP) is 3.10. The van der Waals surface area contributed by atoms with Gasteiger partial charge >= 0.3 is 0 Å². The molecule has 0 spiro atoms. The van der Waals surface area contributed by atoms with Crippen molar-refractivity contribution in [3.05, 3.63) is 35.1 Å². The third kappa shape index (κ3) is 2.89. The highest BCUT2D eigenvalue weighted by Crippen LogP contribution is 2.36. The standard InChI is InChI=1S/C17H25FN2/c1-12-8-15(18)7-6-14(12)9-20-10-16(13-4-5-13)19-11-17(20,2)3/h6-8,13,16,19H,4-5,9-11H2,1-3H3. The minimum absolute atomic E-state index is 0.137. The van der Waals surface area contributed by atoms with E-state index in [0.29, 0.717) is 6.04 Å². The molecule has 20 heavy (non-hydrogen) atoms. The molecule has 2 nitrogen and oxygen atoms in total. The first-order chi connectivity index (χ1) is 9.45. The van der Waals surface area contributed by atoms with Crippen LogP contribution in [0.4, 0.5) is 4.39 Å². The molecule has 110 valence electrons. The number of halogens is 1. The number of rotatable bonds is 3. The summed E-state index contributed by atoms with van der Waals surface area (Å²) in [6.07, 6.45) is 2.75. The maximum absolute atomic E-state index is 13.2. The topological polar surface area (TPSA) is 15.3 Å². The zero-order valence-corrected chi connectivity index (χ0v) is 12.7. The van der Waals surface area contributed by atoms with Gasteiger partial charge in [-0.1, -0.05) is 6.07 Å². The fourth-order valence-electron chi connectivity index (χ4n) is 3.18. The minimum Gasteiger partial charge on any atom is -0.311 e. The van der Waals surface area contributed by atoms with E-state index >= 15 is 0 Å². The van der Waals surface area contributed by atoms with Crippen LogP contribution in [0.15, 0.2) is 18.2 Å². The number of nitrogens with one attached hydrogen (secondary N) is 1. The maximum atomic E-state index is 13.2.